The van der Waals surface area contributed by atoms with Crippen molar-refractivity contribution in [1.29, 1.82) is 0 Å². The van der Waals surface area contributed by atoms with E-state index in [-0.39, 0.29) is 16.9 Å². The molecule has 4 heteroatoms. The maximum Gasteiger partial charge on any atom is 0.221 e. The Morgan fingerprint density at radius 3 is 2.54 bits per heavy atom. The number of nitrogens with zero attached hydrogens (tertiary/aromatic N) is 2. The van der Waals surface area contributed by atoms with Gasteiger partial charge in [-0.05, 0) is 45.9 Å². The minimum atomic E-state index is -0.387. The van der Waals surface area contributed by atoms with Crippen LogP contribution in [0, 0.1) is 19.8 Å². The van der Waals surface area contributed by atoms with E-state index in [9.17, 15) is 0 Å². The third-order valence-corrected chi connectivity index (χ3v) is 6.53. The summed E-state index contributed by atoms with van der Waals surface area (Å²) < 4.78 is 14.8. The summed E-state index contributed by atoms with van der Waals surface area (Å²) in [6, 6.07) is 16.7. The Morgan fingerprint density at radius 1 is 1.04 bits per heavy atom. The molecule has 2 aromatic carbocycles. The molecular weight excluding hydrogens is 348 g/mol. The Balaban J connectivity index is 1.83. The number of aromatic nitrogens is 2. The number of hydrogen-bond donors (Lipinski definition) is 0. The maximum atomic E-state index is 6.63. The predicted molar refractivity (Wildman–Crippen MR) is 110 cm³/mol. The van der Waals surface area contributed by atoms with E-state index in [0.717, 1.165) is 23.0 Å². The lowest BCUT2D eigenvalue weighted by Gasteiger charge is -2.52. The van der Waals surface area contributed by atoms with Crippen molar-refractivity contribution >= 4 is 0 Å². The second kappa shape index (κ2) is 5.63. The molecule has 5 rings (SSSR count). The molecule has 0 N–H and O–H groups in total. The molecule has 0 aliphatic carbocycles. The van der Waals surface area contributed by atoms with Crippen molar-refractivity contribution in [3.05, 3.63) is 70.9 Å². The quantitative estimate of drug-likeness (QED) is 0.603. The van der Waals surface area contributed by atoms with Gasteiger partial charge in [-0.3, -0.25) is 0 Å². The minimum absolute atomic E-state index is 0.189. The Morgan fingerprint density at radius 2 is 1.79 bits per heavy atom. The van der Waals surface area contributed by atoms with E-state index in [2.05, 4.69) is 65.0 Å². The first-order valence-corrected chi connectivity index (χ1v) is 9.91. The van der Waals surface area contributed by atoms with E-state index in [0.29, 0.717) is 6.61 Å². The molecule has 0 fully saturated rings. The van der Waals surface area contributed by atoms with Crippen molar-refractivity contribution in [3.63, 3.8) is 0 Å². The molecule has 2 aliphatic heterocycles. The second-order valence-electron chi connectivity index (χ2n) is 8.78. The summed E-state index contributed by atoms with van der Waals surface area (Å²) in [6.45, 7) is 11.5. The van der Waals surface area contributed by atoms with E-state index in [1.165, 1.54) is 16.7 Å². The molecule has 3 heterocycles. The summed E-state index contributed by atoms with van der Waals surface area (Å²) >= 11 is 0. The van der Waals surface area contributed by atoms with Crippen LogP contribution in [0.15, 0.2) is 48.5 Å². The molecule has 28 heavy (non-hydrogen) atoms. The number of fused-ring (bicyclic) bond motifs is 5. The SMILES string of the molecule is Cc1ccc2c(c1)[C@@]1(C)c3c(C)nn(-c4ccccc4)c3OC(C)(C)[C@H]1CO2. The first-order valence-electron chi connectivity index (χ1n) is 9.91. The van der Waals surface area contributed by atoms with Gasteiger partial charge in [0.1, 0.15) is 11.4 Å². The smallest absolute Gasteiger partial charge is 0.221 e. The molecule has 1 aromatic heterocycles. The van der Waals surface area contributed by atoms with Gasteiger partial charge in [0.05, 0.1) is 18.0 Å². The molecule has 0 amide bonds. The fourth-order valence-electron chi connectivity index (χ4n) is 5.17. The molecule has 0 saturated heterocycles. The molecule has 2 aliphatic rings. The molecule has 0 bridgehead atoms. The highest BCUT2D eigenvalue weighted by atomic mass is 16.5. The van der Waals surface area contributed by atoms with E-state index in [1.807, 2.05) is 22.9 Å². The topological polar surface area (TPSA) is 36.3 Å². The Labute approximate surface area is 166 Å². The lowest BCUT2D eigenvalue weighted by Crippen LogP contribution is -2.57. The highest BCUT2D eigenvalue weighted by molar-refractivity contribution is 5.58. The standard InChI is InChI=1S/C24H26N2O2/c1-15-11-12-19-18(13-15)24(5)20(14-27-19)23(3,4)28-22-21(24)16(2)25-26(22)17-9-7-6-8-10-17/h6-13,20H,14H2,1-5H3/t20-,24-/m1/s1. The van der Waals surface area contributed by atoms with Gasteiger partial charge in [0.2, 0.25) is 5.88 Å². The number of aryl methyl sites for hydroxylation is 2. The molecule has 0 unspecified atom stereocenters. The van der Waals surface area contributed by atoms with Crippen LogP contribution < -0.4 is 9.47 Å². The zero-order valence-electron chi connectivity index (χ0n) is 17.1. The third kappa shape index (κ3) is 2.20. The van der Waals surface area contributed by atoms with E-state index < -0.39 is 0 Å². The summed E-state index contributed by atoms with van der Waals surface area (Å²) in [4.78, 5) is 0. The molecule has 4 nitrogen and oxygen atoms in total. The average Bonchev–Trinajstić information content (AvgIpc) is 2.99. The number of hydrogen-bond acceptors (Lipinski definition) is 3. The van der Waals surface area contributed by atoms with Crippen LogP contribution in [0.1, 0.15) is 43.2 Å². The monoisotopic (exact) mass is 374 g/mol. The van der Waals surface area contributed by atoms with Gasteiger partial charge in [0, 0.05) is 22.5 Å². The van der Waals surface area contributed by atoms with Crippen LogP contribution in [-0.4, -0.2) is 22.0 Å². The van der Waals surface area contributed by atoms with Gasteiger partial charge in [-0.15, -0.1) is 0 Å². The van der Waals surface area contributed by atoms with Crippen molar-refractivity contribution in [2.75, 3.05) is 6.61 Å². The fraction of sp³-hybridized carbons (Fsp3) is 0.375. The van der Waals surface area contributed by atoms with Crippen LogP contribution in [0.4, 0.5) is 0 Å². The first-order chi connectivity index (χ1) is 13.3. The highest BCUT2D eigenvalue weighted by Crippen LogP contribution is 2.57. The highest BCUT2D eigenvalue weighted by Gasteiger charge is 2.57. The van der Waals surface area contributed by atoms with Gasteiger partial charge < -0.3 is 9.47 Å². The van der Waals surface area contributed by atoms with Crippen molar-refractivity contribution < 1.29 is 9.47 Å². The molecule has 0 radical (unpaired) electrons. The minimum Gasteiger partial charge on any atom is -0.493 e. The average molecular weight is 374 g/mol. The number of rotatable bonds is 1. The lowest BCUT2D eigenvalue weighted by atomic mass is 9.59. The predicted octanol–water partition coefficient (Wildman–Crippen LogP) is 4.97. The summed E-state index contributed by atoms with van der Waals surface area (Å²) in [5.41, 5.74) is 5.06. The molecule has 2 atom stereocenters. The van der Waals surface area contributed by atoms with Crippen molar-refractivity contribution in [2.45, 2.75) is 45.6 Å². The van der Waals surface area contributed by atoms with Gasteiger partial charge in [-0.2, -0.15) is 5.10 Å². The first kappa shape index (κ1) is 17.4. The Hall–Kier alpha value is -2.75. The van der Waals surface area contributed by atoms with Crippen LogP contribution in [-0.2, 0) is 5.41 Å². The zero-order chi connectivity index (χ0) is 19.7. The summed E-state index contributed by atoms with van der Waals surface area (Å²) in [6.07, 6.45) is 0. The lowest BCUT2D eigenvalue weighted by molar-refractivity contribution is -0.0440. The zero-order valence-corrected chi connectivity index (χ0v) is 17.1. The maximum absolute atomic E-state index is 6.63. The summed E-state index contributed by atoms with van der Waals surface area (Å²) in [5, 5.41) is 4.91. The van der Waals surface area contributed by atoms with Crippen LogP contribution in [0.5, 0.6) is 11.6 Å². The van der Waals surface area contributed by atoms with Gasteiger partial charge in [-0.1, -0.05) is 42.8 Å². The summed E-state index contributed by atoms with van der Waals surface area (Å²) in [7, 11) is 0. The van der Waals surface area contributed by atoms with Gasteiger partial charge in [0.25, 0.3) is 0 Å². The Kier molecular flexibility index (Phi) is 3.49. The van der Waals surface area contributed by atoms with Gasteiger partial charge in [0.15, 0.2) is 0 Å². The van der Waals surface area contributed by atoms with E-state index in [4.69, 9.17) is 14.6 Å². The third-order valence-electron chi connectivity index (χ3n) is 6.53. The second-order valence-corrected chi connectivity index (χ2v) is 8.78. The summed E-state index contributed by atoms with van der Waals surface area (Å²) in [5.74, 6) is 2.01. The number of para-hydroxylation sites is 1. The van der Waals surface area contributed by atoms with Crippen LogP contribution in [0.25, 0.3) is 5.69 Å². The van der Waals surface area contributed by atoms with Crippen molar-refractivity contribution in [3.8, 4) is 17.3 Å². The van der Waals surface area contributed by atoms with Gasteiger partial charge >= 0.3 is 0 Å². The van der Waals surface area contributed by atoms with Crippen LogP contribution >= 0.6 is 0 Å². The molecule has 0 saturated carbocycles. The van der Waals surface area contributed by atoms with E-state index >= 15 is 0 Å². The van der Waals surface area contributed by atoms with Gasteiger partial charge in [-0.25, -0.2) is 4.68 Å². The number of ether oxygens (including phenoxy) is 2. The Bertz CT molecular complexity index is 1070. The molecule has 3 aromatic rings. The van der Waals surface area contributed by atoms with Crippen LogP contribution in [0.2, 0.25) is 0 Å². The largest absolute Gasteiger partial charge is 0.493 e. The fourth-order valence-corrected chi connectivity index (χ4v) is 5.17. The molecule has 144 valence electrons. The van der Waals surface area contributed by atoms with Crippen molar-refractivity contribution in [1.82, 2.24) is 9.78 Å². The molecular formula is C24H26N2O2. The molecule has 0 spiro atoms. The van der Waals surface area contributed by atoms with E-state index in [1.54, 1.807) is 0 Å². The normalized spacial score (nSPS) is 24.4. The number of benzene rings is 2. The van der Waals surface area contributed by atoms with Crippen LogP contribution in [0.3, 0.4) is 0 Å². The van der Waals surface area contributed by atoms with Crippen molar-refractivity contribution in [2.24, 2.45) is 5.92 Å².